The maximum absolute atomic E-state index is 6.28. The van der Waals surface area contributed by atoms with E-state index < -0.39 is 0 Å². The molecular weight excluding hydrogens is 727 g/mol. The van der Waals surface area contributed by atoms with E-state index in [9.17, 15) is 0 Å². The molecule has 0 fully saturated rings. The van der Waals surface area contributed by atoms with Gasteiger partial charge in [0.05, 0.1) is 0 Å². The lowest BCUT2D eigenvalue weighted by Gasteiger charge is -2.27. The minimum Gasteiger partial charge on any atom is -0.456 e. The van der Waals surface area contributed by atoms with E-state index in [0.29, 0.717) is 0 Å². The second-order valence-electron chi connectivity index (χ2n) is 15.6. The summed E-state index contributed by atoms with van der Waals surface area (Å²) in [5, 5.41) is 12.3. The topological polar surface area (TPSA) is 16.4 Å². The van der Waals surface area contributed by atoms with Crippen LogP contribution in [0.1, 0.15) is 0 Å². The Morgan fingerprint density at radius 2 is 0.783 bits per heavy atom. The highest BCUT2D eigenvalue weighted by atomic mass is 16.3. The Bertz CT molecular complexity index is 3570. The van der Waals surface area contributed by atoms with E-state index in [0.717, 1.165) is 55.7 Å². The molecule has 0 aliphatic heterocycles. The molecule has 0 aliphatic rings. The third-order valence-corrected chi connectivity index (χ3v) is 12.2. The highest BCUT2D eigenvalue weighted by Crippen LogP contribution is 2.43. The molecule has 1 aromatic heterocycles. The molecule has 12 aromatic rings. The second-order valence-corrected chi connectivity index (χ2v) is 15.6. The molecule has 0 saturated carbocycles. The summed E-state index contributed by atoms with van der Waals surface area (Å²) >= 11 is 0. The maximum atomic E-state index is 6.28. The van der Waals surface area contributed by atoms with E-state index >= 15 is 0 Å². The Morgan fingerprint density at radius 3 is 1.57 bits per heavy atom. The van der Waals surface area contributed by atoms with Gasteiger partial charge < -0.3 is 9.32 Å². The lowest BCUT2D eigenvalue weighted by molar-refractivity contribution is 0.669. The van der Waals surface area contributed by atoms with Crippen molar-refractivity contribution in [1.82, 2.24) is 0 Å². The molecule has 0 aliphatic carbocycles. The van der Waals surface area contributed by atoms with E-state index in [1.165, 1.54) is 59.8 Å². The van der Waals surface area contributed by atoms with Crippen molar-refractivity contribution in [3.63, 3.8) is 0 Å². The summed E-state index contributed by atoms with van der Waals surface area (Å²) < 4.78 is 6.28. The molecule has 0 unspecified atom stereocenters. The van der Waals surface area contributed by atoms with Crippen LogP contribution in [-0.2, 0) is 0 Å². The third kappa shape index (κ3) is 5.57. The molecular formula is C58H37NO. The number of hydrogen-bond acceptors (Lipinski definition) is 2. The Balaban J connectivity index is 1.03. The number of furan rings is 1. The van der Waals surface area contributed by atoms with Crippen LogP contribution in [-0.4, -0.2) is 0 Å². The first kappa shape index (κ1) is 34.1. The predicted octanol–water partition coefficient (Wildman–Crippen LogP) is 16.7. The molecule has 11 aromatic carbocycles. The smallest absolute Gasteiger partial charge is 0.136 e. The van der Waals surface area contributed by atoms with Crippen LogP contribution in [0.4, 0.5) is 17.1 Å². The summed E-state index contributed by atoms with van der Waals surface area (Å²) in [7, 11) is 0. The van der Waals surface area contributed by atoms with Crippen LogP contribution < -0.4 is 4.90 Å². The van der Waals surface area contributed by atoms with Crippen molar-refractivity contribution in [2.45, 2.75) is 0 Å². The summed E-state index contributed by atoms with van der Waals surface area (Å²) in [5.41, 5.74) is 12.1. The van der Waals surface area contributed by atoms with Crippen LogP contribution in [0.3, 0.4) is 0 Å². The number of para-hydroxylation sites is 1. The van der Waals surface area contributed by atoms with Crippen LogP contribution in [0.2, 0.25) is 0 Å². The molecule has 0 radical (unpaired) electrons. The zero-order valence-corrected chi connectivity index (χ0v) is 32.7. The van der Waals surface area contributed by atoms with Gasteiger partial charge in [-0.25, -0.2) is 0 Å². The molecule has 280 valence electrons. The average Bonchev–Trinajstić information content (AvgIpc) is 3.71. The molecule has 0 bridgehead atoms. The van der Waals surface area contributed by atoms with E-state index in [1.807, 2.05) is 12.1 Å². The van der Waals surface area contributed by atoms with Crippen LogP contribution in [0, 0.1) is 0 Å². The number of fused-ring (bicyclic) bond motifs is 10. The van der Waals surface area contributed by atoms with Crippen molar-refractivity contribution in [1.29, 1.82) is 0 Å². The van der Waals surface area contributed by atoms with Gasteiger partial charge in [-0.15, -0.1) is 0 Å². The molecule has 0 spiro atoms. The fourth-order valence-corrected chi connectivity index (χ4v) is 9.46. The van der Waals surface area contributed by atoms with Gasteiger partial charge in [-0.05, 0) is 131 Å². The SMILES string of the molecule is c1cc(-c2cccc(N(c3ccc(-c4cccc5oc6ccccc6c45)cc3)c3ccc4c5ccccc5c5ccccc5c4c3)c2)cc(-c2cccc3ccccc23)c1. The van der Waals surface area contributed by atoms with Gasteiger partial charge in [0.1, 0.15) is 11.2 Å². The van der Waals surface area contributed by atoms with Crippen molar-refractivity contribution in [2.75, 3.05) is 4.90 Å². The summed E-state index contributed by atoms with van der Waals surface area (Å²) in [6.07, 6.45) is 0. The fourth-order valence-electron chi connectivity index (χ4n) is 9.46. The zero-order chi connectivity index (χ0) is 39.6. The second kappa shape index (κ2) is 13.9. The van der Waals surface area contributed by atoms with Gasteiger partial charge in [0, 0.05) is 27.8 Å². The van der Waals surface area contributed by atoms with Crippen molar-refractivity contribution in [2.24, 2.45) is 0 Å². The van der Waals surface area contributed by atoms with Gasteiger partial charge in [0.2, 0.25) is 0 Å². The standard InChI is InChI=1S/C58H37NO/c1-2-19-46-38(13-1)14-11-25-47(46)42-17-9-15-40(35-42)41-16-10-18-44(36-41)59(45-33-34-53-51-22-4-3-20-49(51)50-21-5-6-23-52(50)55(53)37-45)43-31-29-39(30-32-43)48-26-12-28-57-58(48)54-24-7-8-27-56(54)60-57/h1-37H. The lowest BCUT2D eigenvalue weighted by Crippen LogP contribution is -2.10. The van der Waals surface area contributed by atoms with Crippen molar-refractivity contribution < 1.29 is 4.42 Å². The minimum atomic E-state index is 0.900. The summed E-state index contributed by atoms with van der Waals surface area (Å²) in [6.45, 7) is 0. The Kier molecular flexibility index (Phi) is 7.89. The van der Waals surface area contributed by atoms with Gasteiger partial charge in [-0.1, -0.05) is 170 Å². The minimum absolute atomic E-state index is 0.900. The van der Waals surface area contributed by atoms with Gasteiger partial charge in [-0.3, -0.25) is 0 Å². The van der Waals surface area contributed by atoms with Gasteiger partial charge in [0.15, 0.2) is 0 Å². The summed E-state index contributed by atoms with van der Waals surface area (Å²) in [6, 6.07) is 81.3. The first-order chi connectivity index (χ1) is 29.7. The largest absolute Gasteiger partial charge is 0.456 e. The van der Waals surface area contributed by atoms with Gasteiger partial charge in [-0.2, -0.15) is 0 Å². The first-order valence-electron chi connectivity index (χ1n) is 20.6. The van der Waals surface area contributed by atoms with E-state index in [1.54, 1.807) is 0 Å². The molecule has 1 heterocycles. The van der Waals surface area contributed by atoms with Crippen LogP contribution >= 0.6 is 0 Å². The van der Waals surface area contributed by atoms with Crippen LogP contribution in [0.5, 0.6) is 0 Å². The van der Waals surface area contributed by atoms with Crippen LogP contribution in [0.15, 0.2) is 229 Å². The molecule has 2 heteroatoms. The number of rotatable bonds is 6. The summed E-state index contributed by atoms with van der Waals surface area (Å²) in [5.74, 6) is 0. The number of nitrogens with zero attached hydrogens (tertiary/aromatic N) is 1. The number of anilines is 3. The van der Waals surface area contributed by atoms with Crippen LogP contribution in [0.25, 0.3) is 98.4 Å². The van der Waals surface area contributed by atoms with E-state index in [2.05, 4.69) is 217 Å². The van der Waals surface area contributed by atoms with E-state index in [4.69, 9.17) is 4.42 Å². The van der Waals surface area contributed by atoms with Gasteiger partial charge >= 0.3 is 0 Å². The maximum Gasteiger partial charge on any atom is 0.136 e. The number of benzene rings is 11. The van der Waals surface area contributed by atoms with E-state index in [-0.39, 0.29) is 0 Å². The Morgan fingerprint density at radius 1 is 0.267 bits per heavy atom. The monoisotopic (exact) mass is 763 g/mol. The molecule has 60 heavy (non-hydrogen) atoms. The lowest BCUT2D eigenvalue weighted by atomic mass is 9.93. The molecule has 0 atom stereocenters. The zero-order valence-electron chi connectivity index (χ0n) is 32.7. The highest BCUT2D eigenvalue weighted by molar-refractivity contribution is 6.26. The molecule has 2 nitrogen and oxygen atoms in total. The fraction of sp³-hybridized carbons (Fsp3) is 0. The predicted molar refractivity (Wildman–Crippen MR) is 255 cm³/mol. The third-order valence-electron chi connectivity index (χ3n) is 12.2. The summed E-state index contributed by atoms with van der Waals surface area (Å²) in [4.78, 5) is 2.40. The highest BCUT2D eigenvalue weighted by Gasteiger charge is 2.18. The van der Waals surface area contributed by atoms with Crippen molar-refractivity contribution in [3.05, 3.63) is 224 Å². The number of hydrogen-bond donors (Lipinski definition) is 0. The molecule has 0 amide bonds. The first-order valence-corrected chi connectivity index (χ1v) is 20.6. The Labute approximate surface area is 347 Å². The average molecular weight is 764 g/mol. The van der Waals surface area contributed by atoms with Crippen molar-refractivity contribution in [3.8, 4) is 33.4 Å². The molecule has 12 rings (SSSR count). The molecule has 0 saturated heterocycles. The van der Waals surface area contributed by atoms with Gasteiger partial charge in [0.25, 0.3) is 0 Å². The Hall–Kier alpha value is -7.94. The molecule has 0 N–H and O–H groups in total. The normalized spacial score (nSPS) is 11.7. The van der Waals surface area contributed by atoms with Crippen molar-refractivity contribution >= 4 is 82.1 Å². The quantitative estimate of drug-likeness (QED) is 0.157.